The summed E-state index contributed by atoms with van der Waals surface area (Å²) >= 11 is 0. The molecular formula is C11H26O2Si2. The van der Waals surface area contributed by atoms with E-state index in [4.69, 9.17) is 4.43 Å². The fourth-order valence-corrected chi connectivity index (χ4v) is 3.23. The highest BCUT2D eigenvalue weighted by Gasteiger charge is 2.16. The Kier molecular flexibility index (Phi) is 6.67. The van der Waals surface area contributed by atoms with E-state index in [2.05, 4.69) is 38.4 Å². The van der Waals surface area contributed by atoms with Gasteiger partial charge in [0.25, 0.3) is 0 Å². The van der Waals surface area contributed by atoms with Crippen molar-refractivity contribution in [3.63, 3.8) is 0 Å². The minimum absolute atomic E-state index is 0.315. The van der Waals surface area contributed by atoms with Gasteiger partial charge in [-0.25, -0.2) is 0 Å². The molecule has 0 radical (unpaired) electrons. The minimum Gasteiger partial charge on any atom is -0.417 e. The van der Waals surface area contributed by atoms with Crippen molar-refractivity contribution in [2.45, 2.75) is 52.2 Å². The van der Waals surface area contributed by atoms with Gasteiger partial charge in [0.2, 0.25) is 0 Å². The first-order valence-electron chi connectivity index (χ1n) is 5.77. The molecule has 0 aliphatic carbocycles. The number of rotatable bonds is 6. The van der Waals surface area contributed by atoms with Crippen LogP contribution in [0.25, 0.3) is 0 Å². The monoisotopic (exact) mass is 246 g/mol. The lowest BCUT2D eigenvalue weighted by Crippen LogP contribution is -2.24. The molecule has 0 aliphatic heterocycles. The average molecular weight is 246 g/mol. The minimum atomic E-state index is -1.26. The van der Waals surface area contributed by atoms with Gasteiger partial charge < -0.3 is 9.53 Å². The third kappa shape index (κ3) is 7.96. The number of hydrogen-bond donors (Lipinski definition) is 1. The Morgan fingerprint density at radius 3 is 2.27 bits per heavy atom. The summed E-state index contributed by atoms with van der Waals surface area (Å²) in [4.78, 5) is 0. The molecule has 0 heterocycles. The smallest absolute Gasteiger partial charge is 0.171 e. The second kappa shape index (κ2) is 6.63. The molecule has 4 heteroatoms. The second-order valence-electron chi connectivity index (χ2n) is 5.37. The Balaban J connectivity index is 4.52. The van der Waals surface area contributed by atoms with Crippen LogP contribution < -0.4 is 0 Å². The Morgan fingerprint density at radius 1 is 1.40 bits per heavy atom. The summed E-state index contributed by atoms with van der Waals surface area (Å²) < 4.78 is 5.71. The molecule has 0 rings (SSSR count). The Hall–Kier alpha value is 0.0938. The molecule has 90 valence electrons. The molecule has 15 heavy (non-hydrogen) atoms. The van der Waals surface area contributed by atoms with Crippen LogP contribution in [0.15, 0.2) is 11.3 Å². The van der Waals surface area contributed by atoms with E-state index in [1.54, 1.807) is 0 Å². The standard InChI is InChI=1S/C11H26O2Si2/c1-7-11(12)10(8-13-14(2)3)9-15(4,5)6/h9,11-12,14H,7-8H2,1-6H3. The van der Waals surface area contributed by atoms with E-state index in [0.29, 0.717) is 6.61 Å². The molecule has 1 N–H and O–H groups in total. The maximum Gasteiger partial charge on any atom is 0.171 e. The van der Waals surface area contributed by atoms with Gasteiger partial charge in [0.15, 0.2) is 9.04 Å². The summed E-state index contributed by atoms with van der Waals surface area (Å²) in [6, 6.07) is 0. The van der Waals surface area contributed by atoms with Crippen molar-refractivity contribution < 1.29 is 9.53 Å². The topological polar surface area (TPSA) is 29.5 Å². The predicted octanol–water partition coefficient (Wildman–Crippen LogP) is 2.56. The summed E-state index contributed by atoms with van der Waals surface area (Å²) in [6.07, 6.45) is 0.462. The Labute approximate surface area is 97.1 Å². The Morgan fingerprint density at radius 2 is 1.93 bits per heavy atom. The van der Waals surface area contributed by atoms with E-state index in [1.807, 2.05) is 6.92 Å². The molecule has 0 bridgehead atoms. The highest BCUT2D eigenvalue weighted by Crippen LogP contribution is 2.13. The summed E-state index contributed by atoms with van der Waals surface area (Å²) in [7, 11) is -2.24. The predicted molar refractivity (Wildman–Crippen MR) is 72.6 cm³/mol. The van der Waals surface area contributed by atoms with Crippen molar-refractivity contribution in [1.29, 1.82) is 0 Å². The third-order valence-corrected chi connectivity index (χ3v) is 4.09. The molecule has 0 aliphatic rings. The second-order valence-corrected chi connectivity index (χ2v) is 12.8. The molecule has 0 spiro atoms. The van der Waals surface area contributed by atoms with Crippen molar-refractivity contribution >= 4 is 17.1 Å². The van der Waals surface area contributed by atoms with Gasteiger partial charge in [-0.05, 0) is 25.1 Å². The molecule has 0 saturated heterocycles. The molecule has 1 atom stereocenters. The maximum absolute atomic E-state index is 9.88. The van der Waals surface area contributed by atoms with E-state index in [9.17, 15) is 5.11 Å². The quantitative estimate of drug-likeness (QED) is 0.730. The van der Waals surface area contributed by atoms with Gasteiger partial charge in [-0.2, -0.15) is 0 Å². The molecule has 0 aromatic rings. The van der Waals surface area contributed by atoms with E-state index in [1.165, 1.54) is 0 Å². The molecule has 0 amide bonds. The van der Waals surface area contributed by atoms with Crippen LogP contribution >= 0.6 is 0 Å². The summed E-state index contributed by atoms with van der Waals surface area (Å²) in [6.45, 7) is 13.8. The number of aliphatic hydroxyl groups is 1. The molecule has 2 nitrogen and oxygen atoms in total. The lowest BCUT2D eigenvalue weighted by molar-refractivity contribution is 0.188. The lowest BCUT2D eigenvalue weighted by atomic mass is 10.1. The van der Waals surface area contributed by atoms with Gasteiger partial charge in [-0.1, -0.05) is 32.3 Å². The van der Waals surface area contributed by atoms with E-state index in [-0.39, 0.29) is 6.10 Å². The van der Waals surface area contributed by atoms with Crippen molar-refractivity contribution in [1.82, 2.24) is 0 Å². The first kappa shape index (κ1) is 15.1. The van der Waals surface area contributed by atoms with Gasteiger partial charge >= 0.3 is 0 Å². The van der Waals surface area contributed by atoms with Gasteiger partial charge in [-0.3, -0.25) is 0 Å². The van der Waals surface area contributed by atoms with Gasteiger partial charge in [0, 0.05) is 0 Å². The molecule has 1 unspecified atom stereocenters. The van der Waals surface area contributed by atoms with Gasteiger partial charge in [-0.15, -0.1) is 0 Å². The molecule has 0 saturated carbocycles. The normalized spacial score (nSPS) is 15.9. The van der Waals surface area contributed by atoms with E-state index < -0.39 is 17.1 Å². The summed E-state index contributed by atoms with van der Waals surface area (Å²) in [5, 5.41) is 9.88. The van der Waals surface area contributed by atoms with Crippen molar-refractivity contribution in [3.05, 3.63) is 11.3 Å². The highest BCUT2D eigenvalue weighted by atomic mass is 28.3. The van der Waals surface area contributed by atoms with Crippen LogP contribution in [-0.2, 0) is 4.43 Å². The third-order valence-electron chi connectivity index (χ3n) is 2.02. The van der Waals surface area contributed by atoms with E-state index in [0.717, 1.165) is 12.0 Å². The lowest BCUT2D eigenvalue weighted by Gasteiger charge is -2.19. The van der Waals surface area contributed by atoms with Crippen LogP contribution in [0.4, 0.5) is 0 Å². The molecule has 0 fully saturated rings. The maximum atomic E-state index is 9.88. The van der Waals surface area contributed by atoms with Crippen LogP contribution in [0.1, 0.15) is 13.3 Å². The SMILES string of the molecule is CCC(O)C(=C[Si](C)(C)C)CO[SiH](C)C. The zero-order chi connectivity index (χ0) is 12.1. The van der Waals surface area contributed by atoms with Crippen LogP contribution in [0.5, 0.6) is 0 Å². The van der Waals surface area contributed by atoms with Crippen LogP contribution in [0.3, 0.4) is 0 Å². The van der Waals surface area contributed by atoms with Crippen LogP contribution in [0.2, 0.25) is 32.7 Å². The number of aliphatic hydroxyl groups excluding tert-OH is 1. The zero-order valence-electron chi connectivity index (χ0n) is 11.0. The molecule has 0 aromatic carbocycles. The summed E-state index contributed by atoms with van der Waals surface area (Å²) in [5.41, 5.74) is 3.37. The fourth-order valence-electron chi connectivity index (χ4n) is 1.32. The Bertz CT molecular complexity index is 207. The van der Waals surface area contributed by atoms with Gasteiger partial charge in [0.1, 0.15) is 0 Å². The van der Waals surface area contributed by atoms with Crippen LogP contribution in [-0.4, -0.2) is 34.9 Å². The van der Waals surface area contributed by atoms with Crippen molar-refractivity contribution in [3.8, 4) is 0 Å². The fraction of sp³-hybridized carbons (Fsp3) is 0.818. The first-order chi connectivity index (χ1) is 6.76. The van der Waals surface area contributed by atoms with E-state index >= 15 is 0 Å². The largest absolute Gasteiger partial charge is 0.417 e. The first-order valence-corrected chi connectivity index (χ1v) is 12.1. The summed E-state index contributed by atoms with van der Waals surface area (Å²) in [5.74, 6) is 0. The molecular weight excluding hydrogens is 220 g/mol. The van der Waals surface area contributed by atoms with Gasteiger partial charge in [0.05, 0.1) is 20.8 Å². The van der Waals surface area contributed by atoms with Crippen molar-refractivity contribution in [2.24, 2.45) is 0 Å². The highest BCUT2D eigenvalue weighted by molar-refractivity contribution is 6.81. The number of hydrogen-bond acceptors (Lipinski definition) is 2. The zero-order valence-corrected chi connectivity index (χ0v) is 13.2. The molecule has 0 aromatic heterocycles. The van der Waals surface area contributed by atoms with Crippen molar-refractivity contribution in [2.75, 3.05) is 6.61 Å². The average Bonchev–Trinajstić information content (AvgIpc) is 2.08. The van der Waals surface area contributed by atoms with Crippen LogP contribution in [0, 0.1) is 0 Å².